The van der Waals surface area contributed by atoms with E-state index in [1.54, 1.807) is 23.1 Å². The maximum absolute atomic E-state index is 11.8. The van der Waals surface area contributed by atoms with Crippen molar-refractivity contribution in [1.82, 2.24) is 0 Å². The molecule has 16 heavy (non-hydrogen) atoms. The van der Waals surface area contributed by atoms with Gasteiger partial charge in [-0.15, -0.1) is 0 Å². The average Bonchev–Trinajstić information content (AvgIpc) is 2.60. The zero-order valence-electron chi connectivity index (χ0n) is 8.69. The second-order valence-electron chi connectivity index (χ2n) is 3.92. The standard InChI is InChI=1S/C11H13BrN2O2/c12-8-2-1-3-9(15)11(8)14-6-7(5-13)4-10(14)16/h1-3,7,15H,4-6,13H2. The van der Waals surface area contributed by atoms with E-state index in [1.807, 2.05) is 0 Å². The second-order valence-corrected chi connectivity index (χ2v) is 4.77. The first-order valence-electron chi connectivity index (χ1n) is 5.11. The molecule has 1 unspecified atom stereocenters. The maximum atomic E-state index is 11.8. The molecule has 1 aliphatic rings. The lowest BCUT2D eigenvalue weighted by Gasteiger charge is -2.19. The lowest BCUT2D eigenvalue weighted by atomic mass is 10.1. The number of halogens is 1. The van der Waals surface area contributed by atoms with Gasteiger partial charge in [-0.3, -0.25) is 4.79 Å². The van der Waals surface area contributed by atoms with Crippen molar-refractivity contribution in [3.8, 4) is 5.75 Å². The number of rotatable bonds is 2. The molecule has 1 heterocycles. The fourth-order valence-electron chi connectivity index (χ4n) is 1.93. The molecule has 86 valence electrons. The summed E-state index contributed by atoms with van der Waals surface area (Å²) in [6.07, 6.45) is 0.456. The molecule has 1 aromatic rings. The van der Waals surface area contributed by atoms with Crippen LogP contribution in [0.1, 0.15) is 6.42 Å². The smallest absolute Gasteiger partial charge is 0.227 e. The molecule has 0 radical (unpaired) electrons. The van der Waals surface area contributed by atoms with Crippen molar-refractivity contribution in [2.24, 2.45) is 11.7 Å². The number of aromatic hydroxyl groups is 1. The lowest BCUT2D eigenvalue weighted by Crippen LogP contribution is -2.26. The Balaban J connectivity index is 2.35. The Bertz CT molecular complexity index is 402. The van der Waals surface area contributed by atoms with Gasteiger partial charge in [0.2, 0.25) is 5.91 Å². The van der Waals surface area contributed by atoms with Gasteiger partial charge in [0.15, 0.2) is 0 Å². The molecule has 1 amide bonds. The molecular weight excluding hydrogens is 272 g/mol. The van der Waals surface area contributed by atoms with E-state index in [2.05, 4.69) is 15.9 Å². The first-order chi connectivity index (χ1) is 7.63. The van der Waals surface area contributed by atoms with Gasteiger partial charge in [0.05, 0.1) is 0 Å². The fraction of sp³-hybridized carbons (Fsp3) is 0.364. The number of nitrogens with zero attached hydrogens (tertiary/aromatic N) is 1. The first-order valence-corrected chi connectivity index (χ1v) is 5.90. The lowest BCUT2D eigenvalue weighted by molar-refractivity contribution is -0.117. The number of carbonyl (C=O) groups is 1. The second kappa shape index (κ2) is 4.43. The Morgan fingerprint density at radius 2 is 2.31 bits per heavy atom. The number of nitrogens with two attached hydrogens (primary N) is 1. The number of phenolic OH excluding ortho intramolecular Hbond substituents is 1. The van der Waals surface area contributed by atoms with Gasteiger partial charge in [-0.2, -0.15) is 0 Å². The summed E-state index contributed by atoms with van der Waals surface area (Å²) in [5, 5.41) is 9.77. The molecule has 1 aromatic carbocycles. The van der Waals surface area contributed by atoms with Crippen LogP contribution in [0.15, 0.2) is 22.7 Å². The third-order valence-electron chi connectivity index (χ3n) is 2.77. The Kier molecular flexibility index (Phi) is 3.16. The topological polar surface area (TPSA) is 66.6 Å². The minimum absolute atomic E-state index is 0.0117. The molecule has 1 fully saturated rings. The highest BCUT2D eigenvalue weighted by molar-refractivity contribution is 9.10. The summed E-state index contributed by atoms with van der Waals surface area (Å²) in [5.41, 5.74) is 6.10. The van der Waals surface area contributed by atoms with Gasteiger partial charge in [-0.25, -0.2) is 0 Å². The fourth-order valence-corrected chi connectivity index (χ4v) is 2.50. The van der Waals surface area contributed by atoms with Gasteiger partial charge >= 0.3 is 0 Å². The van der Waals surface area contributed by atoms with Crippen molar-refractivity contribution >= 4 is 27.5 Å². The van der Waals surface area contributed by atoms with E-state index >= 15 is 0 Å². The molecule has 0 saturated carbocycles. The molecule has 5 heteroatoms. The van der Waals surface area contributed by atoms with E-state index < -0.39 is 0 Å². The SMILES string of the molecule is NCC1CC(=O)N(c2c(O)cccc2Br)C1. The third-order valence-corrected chi connectivity index (χ3v) is 3.41. The highest BCUT2D eigenvalue weighted by Gasteiger charge is 2.32. The van der Waals surface area contributed by atoms with Crippen molar-refractivity contribution in [2.45, 2.75) is 6.42 Å². The van der Waals surface area contributed by atoms with Crippen molar-refractivity contribution in [2.75, 3.05) is 18.0 Å². The summed E-state index contributed by atoms with van der Waals surface area (Å²) in [4.78, 5) is 13.4. The number of phenols is 1. The number of carbonyl (C=O) groups excluding carboxylic acids is 1. The molecular formula is C11H13BrN2O2. The van der Waals surface area contributed by atoms with Crippen LogP contribution in [0.25, 0.3) is 0 Å². The number of amides is 1. The number of hydrogen-bond donors (Lipinski definition) is 2. The summed E-state index contributed by atoms with van der Waals surface area (Å²) in [6, 6.07) is 5.10. The van der Waals surface area contributed by atoms with Crippen LogP contribution in [0.5, 0.6) is 5.75 Å². The molecule has 1 saturated heterocycles. The third kappa shape index (κ3) is 1.92. The number of para-hydroxylation sites is 1. The van der Waals surface area contributed by atoms with E-state index in [4.69, 9.17) is 5.73 Å². The molecule has 1 aliphatic heterocycles. The van der Waals surface area contributed by atoms with Crippen LogP contribution in [-0.2, 0) is 4.79 Å². The highest BCUT2D eigenvalue weighted by Crippen LogP contribution is 2.38. The molecule has 2 rings (SSSR count). The van der Waals surface area contributed by atoms with Gasteiger partial charge < -0.3 is 15.7 Å². The maximum Gasteiger partial charge on any atom is 0.227 e. The van der Waals surface area contributed by atoms with Crippen molar-refractivity contribution in [3.63, 3.8) is 0 Å². The summed E-state index contributed by atoms with van der Waals surface area (Å²) >= 11 is 3.34. The van der Waals surface area contributed by atoms with Gasteiger partial charge in [0.1, 0.15) is 11.4 Å². The van der Waals surface area contributed by atoms with Crippen LogP contribution >= 0.6 is 15.9 Å². The van der Waals surface area contributed by atoms with Crippen LogP contribution in [0.2, 0.25) is 0 Å². The Hall–Kier alpha value is -1.07. The quantitative estimate of drug-likeness (QED) is 0.864. The first kappa shape index (κ1) is 11.4. The normalized spacial score (nSPS) is 20.5. The minimum atomic E-state index is 0.0117. The van der Waals surface area contributed by atoms with E-state index in [0.29, 0.717) is 25.2 Å². The minimum Gasteiger partial charge on any atom is -0.506 e. The average molecular weight is 285 g/mol. The number of benzene rings is 1. The van der Waals surface area contributed by atoms with E-state index in [-0.39, 0.29) is 17.6 Å². The monoisotopic (exact) mass is 284 g/mol. The summed E-state index contributed by atoms with van der Waals surface area (Å²) in [5.74, 6) is 0.303. The van der Waals surface area contributed by atoms with Crippen LogP contribution in [0, 0.1) is 5.92 Å². The van der Waals surface area contributed by atoms with E-state index in [9.17, 15) is 9.90 Å². The number of hydrogen-bond acceptors (Lipinski definition) is 3. The predicted molar refractivity (Wildman–Crippen MR) is 65.3 cm³/mol. The molecule has 0 spiro atoms. The van der Waals surface area contributed by atoms with Crippen LogP contribution in [0.3, 0.4) is 0 Å². The predicted octanol–water partition coefficient (Wildman–Crippen LogP) is 1.47. The zero-order chi connectivity index (χ0) is 11.7. The van der Waals surface area contributed by atoms with Crippen LogP contribution in [0.4, 0.5) is 5.69 Å². The van der Waals surface area contributed by atoms with Gasteiger partial charge in [0.25, 0.3) is 0 Å². The van der Waals surface area contributed by atoms with Crippen LogP contribution in [-0.4, -0.2) is 24.1 Å². The van der Waals surface area contributed by atoms with E-state index in [0.717, 1.165) is 4.47 Å². The Morgan fingerprint density at radius 1 is 1.56 bits per heavy atom. The summed E-state index contributed by atoms with van der Waals surface area (Å²) in [7, 11) is 0. The van der Waals surface area contributed by atoms with Gasteiger partial charge in [0, 0.05) is 17.4 Å². The molecule has 1 atom stereocenters. The molecule has 3 N–H and O–H groups in total. The molecule has 4 nitrogen and oxygen atoms in total. The Labute approximate surface area is 102 Å². The molecule has 0 bridgehead atoms. The molecule has 0 aromatic heterocycles. The van der Waals surface area contributed by atoms with Crippen LogP contribution < -0.4 is 10.6 Å². The number of anilines is 1. The van der Waals surface area contributed by atoms with Crippen molar-refractivity contribution < 1.29 is 9.90 Å². The molecule has 0 aliphatic carbocycles. The highest BCUT2D eigenvalue weighted by atomic mass is 79.9. The summed E-state index contributed by atoms with van der Waals surface area (Å²) < 4.78 is 0.721. The Morgan fingerprint density at radius 3 is 2.88 bits per heavy atom. The van der Waals surface area contributed by atoms with Gasteiger partial charge in [-0.1, -0.05) is 6.07 Å². The zero-order valence-corrected chi connectivity index (χ0v) is 10.3. The van der Waals surface area contributed by atoms with Gasteiger partial charge in [-0.05, 0) is 40.5 Å². The van der Waals surface area contributed by atoms with E-state index in [1.165, 1.54) is 0 Å². The summed E-state index contributed by atoms with van der Waals surface area (Å²) in [6.45, 7) is 1.07. The largest absolute Gasteiger partial charge is 0.506 e. The van der Waals surface area contributed by atoms with Crippen molar-refractivity contribution in [3.05, 3.63) is 22.7 Å². The van der Waals surface area contributed by atoms with Crippen molar-refractivity contribution in [1.29, 1.82) is 0 Å².